The van der Waals surface area contributed by atoms with Crippen LogP contribution in [0.1, 0.15) is 31.4 Å². The third-order valence-electron chi connectivity index (χ3n) is 4.53. The lowest BCUT2D eigenvalue weighted by atomic mass is 10.0. The van der Waals surface area contributed by atoms with Gasteiger partial charge in [0.1, 0.15) is 6.04 Å². The zero-order valence-corrected chi connectivity index (χ0v) is 18.4. The summed E-state index contributed by atoms with van der Waals surface area (Å²) in [6.07, 6.45) is -4.37. The number of alkyl halides is 3. The van der Waals surface area contributed by atoms with E-state index in [1.165, 1.54) is 36.4 Å². The summed E-state index contributed by atoms with van der Waals surface area (Å²) in [7, 11) is -4.22. The molecule has 31 heavy (non-hydrogen) atoms. The van der Waals surface area contributed by atoms with Crippen LogP contribution in [0.3, 0.4) is 0 Å². The average molecular weight is 478 g/mol. The molecule has 0 spiro atoms. The second-order valence-corrected chi connectivity index (χ2v) is 9.68. The maximum Gasteiger partial charge on any atom is 0.416 e. The minimum Gasteiger partial charge on any atom is -0.293 e. The van der Waals surface area contributed by atoms with Gasteiger partial charge in [0.05, 0.1) is 10.5 Å². The predicted molar refractivity (Wildman–Crippen MR) is 111 cm³/mol. The molecule has 0 aromatic heterocycles. The Labute approximate surface area is 184 Å². The van der Waals surface area contributed by atoms with Crippen LogP contribution in [0.5, 0.6) is 0 Å². The first kappa shape index (κ1) is 25.1. The number of hydrogen-bond donors (Lipinski definition) is 2. The molecule has 11 heteroatoms. The van der Waals surface area contributed by atoms with Crippen LogP contribution in [-0.2, 0) is 27.5 Å². The molecule has 2 aromatic rings. The number of nitrogens with zero attached hydrogens (tertiary/aromatic N) is 1. The lowest BCUT2D eigenvalue weighted by molar-refractivity contribution is -0.137. The maximum atomic E-state index is 13.4. The molecular formula is C20H23ClF3N3O3S. The van der Waals surface area contributed by atoms with Crippen molar-refractivity contribution in [2.45, 2.75) is 43.9 Å². The van der Waals surface area contributed by atoms with Crippen molar-refractivity contribution in [3.8, 4) is 0 Å². The van der Waals surface area contributed by atoms with Crippen LogP contribution in [0.25, 0.3) is 0 Å². The highest BCUT2D eigenvalue weighted by atomic mass is 35.5. The first-order valence-electron chi connectivity index (χ1n) is 9.30. The smallest absolute Gasteiger partial charge is 0.293 e. The summed E-state index contributed by atoms with van der Waals surface area (Å²) in [5, 5.41) is 0.326. The molecule has 0 heterocycles. The lowest BCUT2D eigenvalue weighted by Crippen LogP contribution is -2.51. The molecule has 6 nitrogen and oxygen atoms in total. The van der Waals surface area contributed by atoms with Crippen LogP contribution in [0, 0.1) is 5.92 Å². The number of halogens is 4. The number of nitrogens with two attached hydrogens (primary N) is 1. The monoisotopic (exact) mass is 477 g/mol. The van der Waals surface area contributed by atoms with Gasteiger partial charge in [-0.1, -0.05) is 37.6 Å². The number of carbonyl (C=O) groups excluding carboxylic acids is 1. The van der Waals surface area contributed by atoms with Gasteiger partial charge in [0, 0.05) is 11.6 Å². The van der Waals surface area contributed by atoms with Gasteiger partial charge in [-0.2, -0.15) is 17.5 Å². The fourth-order valence-corrected chi connectivity index (χ4v) is 4.69. The van der Waals surface area contributed by atoms with Gasteiger partial charge in [-0.15, -0.1) is 0 Å². The van der Waals surface area contributed by atoms with E-state index in [1.807, 2.05) is 19.3 Å². The molecule has 0 radical (unpaired) electrons. The summed E-state index contributed by atoms with van der Waals surface area (Å²) < 4.78 is 66.3. The van der Waals surface area contributed by atoms with E-state index in [-0.39, 0.29) is 29.3 Å². The number of benzene rings is 2. The number of amides is 1. The summed E-state index contributed by atoms with van der Waals surface area (Å²) >= 11 is 5.85. The van der Waals surface area contributed by atoms with E-state index in [4.69, 9.17) is 17.4 Å². The molecule has 0 bridgehead atoms. The van der Waals surface area contributed by atoms with Crippen LogP contribution in [0.15, 0.2) is 53.4 Å². The van der Waals surface area contributed by atoms with Gasteiger partial charge in [-0.25, -0.2) is 14.3 Å². The summed E-state index contributed by atoms with van der Waals surface area (Å²) in [5.41, 5.74) is 1.41. The fourth-order valence-electron chi connectivity index (χ4n) is 2.98. The molecule has 0 aliphatic heterocycles. The van der Waals surface area contributed by atoms with E-state index in [0.717, 1.165) is 16.4 Å². The van der Waals surface area contributed by atoms with Crippen molar-refractivity contribution >= 4 is 27.5 Å². The lowest BCUT2D eigenvalue weighted by Gasteiger charge is -2.31. The molecule has 0 fully saturated rings. The molecule has 2 aromatic carbocycles. The van der Waals surface area contributed by atoms with Gasteiger partial charge in [-0.3, -0.25) is 10.2 Å². The third kappa shape index (κ3) is 6.42. The molecule has 1 atom stereocenters. The molecule has 0 saturated heterocycles. The number of rotatable bonds is 8. The van der Waals surface area contributed by atoms with E-state index in [1.54, 1.807) is 0 Å². The number of hydrazine groups is 1. The number of carbonyl (C=O) groups is 1. The van der Waals surface area contributed by atoms with Gasteiger partial charge in [0.2, 0.25) is 10.0 Å². The molecule has 170 valence electrons. The maximum absolute atomic E-state index is 13.4. The summed E-state index contributed by atoms with van der Waals surface area (Å²) in [5.74, 6) is 4.49. The Kier molecular flexibility index (Phi) is 8.09. The van der Waals surface area contributed by atoms with Crippen LogP contribution >= 0.6 is 11.6 Å². The van der Waals surface area contributed by atoms with E-state index in [9.17, 15) is 26.4 Å². The van der Waals surface area contributed by atoms with E-state index >= 15 is 0 Å². The van der Waals surface area contributed by atoms with Crippen molar-refractivity contribution < 1.29 is 26.4 Å². The highest BCUT2D eigenvalue weighted by Gasteiger charge is 2.36. The Bertz CT molecular complexity index is 995. The van der Waals surface area contributed by atoms with E-state index in [2.05, 4.69) is 0 Å². The predicted octanol–water partition coefficient (Wildman–Crippen LogP) is 3.95. The Morgan fingerprint density at radius 1 is 1.10 bits per heavy atom. The molecule has 1 amide bonds. The summed E-state index contributed by atoms with van der Waals surface area (Å²) in [4.78, 5) is 12.4. The molecule has 0 unspecified atom stereocenters. The molecule has 0 saturated carbocycles. The topological polar surface area (TPSA) is 92.5 Å². The van der Waals surface area contributed by atoms with Gasteiger partial charge >= 0.3 is 6.18 Å². The molecule has 3 N–H and O–H groups in total. The summed E-state index contributed by atoms with van der Waals surface area (Å²) in [6, 6.07) is 8.30. The van der Waals surface area contributed by atoms with Crippen molar-refractivity contribution in [2.24, 2.45) is 11.8 Å². The number of nitrogens with one attached hydrogen (secondary N) is 1. The highest BCUT2D eigenvalue weighted by Crippen LogP contribution is 2.30. The quantitative estimate of drug-likeness (QED) is 0.342. The third-order valence-corrected chi connectivity index (χ3v) is 6.65. The first-order chi connectivity index (χ1) is 14.4. The minimum absolute atomic E-state index is 0.0715. The Morgan fingerprint density at radius 3 is 2.10 bits per heavy atom. The van der Waals surface area contributed by atoms with Crippen molar-refractivity contribution in [2.75, 3.05) is 0 Å². The average Bonchev–Trinajstić information content (AvgIpc) is 2.69. The van der Waals surface area contributed by atoms with Crippen LogP contribution in [0.2, 0.25) is 5.02 Å². The zero-order chi connectivity index (χ0) is 23.4. The Balaban J connectivity index is 2.53. The second kappa shape index (κ2) is 9.99. The van der Waals surface area contributed by atoms with Crippen molar-refractivity contribution in [1.29, 1.82) is 0 Å². The second-order valence-electron chi connectivity index (χ2n) is 7.35. The van der Waals surface area contributed by atoms with E-state index in [0.29, 0.717) is 5.02 Å². The SMILES string of the molecule is CC(C)C[C@H](C(=O)NN)N(Cc1ccc(C(F)(F)F)cc1)S(=O)(=O)c1ccc(Cl)cc1. The number of hydrogen-bond acceptors (Lipinski definition) is 4. The van der Waals surface area contributed by atoms with Gasteiger partial charge in [-0.05, 0) is 54.3 Å². The standard InChI is InChI=1S/C20H23ClF3N3O3S/c1-13(2)11-18(19(28)26-25)27(31(29,30)17-9-7-16(21)8-10-17)12-14-3-5-15(6-4-14)20(22,23)24/h3-10,13,18H,11-12,25H2,1-2H3,(H,26,28)/t18-/m1/s1. The van der Waals surface area contributed by atoms with Crippen molar-refractivity contribution in [1.82, 2.24) is 9.73 Å². The van der Waals surface area contributed by atoms with Crippen molar-refractivity contribution in [3.63, 3.8) is 0 Å². The Hall–Kier alpha value is -2.14. The highest BCUT2D eigenvalue weighted by molar-refractivity contribution is 7.89. The normalized spacial score (nSPS) is 13.5. The molecule has 2 rings (SSSR count). The van der Waals surface area contributed by atoms with E-state index < -0.39 is 33.7 Å². The van der Waals surface area contributed by atoms with Crippen LogP contribution < -0.4 is 11.3 Å². The molecule has 0 aliphatic rings. The largest absolute Gasteiger partial charge is 0.416 e. The van der Waals surface area contributed by atoms with Crippen LogP contribution in [-0.4, -0.2) is 24.7 Å². The first-order valence-corrected chi connectivity index (χ1v) is 11.1. The van der Waals surface area contributed by atoms with Gasteiger partial charge in [0.15, 0.2) is 0 Å². The minimum atomic E-state index is -4.52. The van der Waals surface area contributed by atoms with Crippen LogP contribution in [0.4, 0.5) is 13.2 Å². The molecule has 0 aliphatic carbocycles. The van der Waals surface area contributed by atoms with Crippen molar-refractivity contribution in [3.05, 3.63) is 64.7 Å². The fraction of sp³-hybridized carbons (Fsp3) is 0.350. The number of sulfonamides is 1. The summed E-state index contributed by atoms with van der Waals surface area (Å²) in [6.45, 7) is 3.29. The zero-order valence-electron chi connectivity index (χ0n) is 16.9. The van der Waals surface area contributed by atoms with Gasteiger partial charge in [0.25, 0.3) is 5.91 Å². The van der Waals surface area contributed by atoms with Gasteiger partial charge < -0.3 is 0 Å². The Morgan fingerprint density at radius 2 is 1.65 bits per heavy atom. The molecular weight excluding hydrogens is 455 g/mol.